The number of rotatable bonds is 3. The lowest BCUT2D eigenvalue weighted by molar-refractivity contribution is 0.0997. The van der Waals surface area contributed by atoms with Crippen molar-refractivity contribution in [3.63, 3.8) is 0 Å². The molecule has 1 heterocycles. The molecule has 5 heteroatoms. The van der Waals surface area contributed by atoms with Crippen LogP contribution < -0.4 is 11.1 Å². The van der Waals surface area contributed by atoms with E-state index >= 15 is 0 Å². The predicted molar refractivity (Wildman–Crippen MR) is 107 cm³/mol. The second-order valence-corrected chi connectivity index (χ2v) is 7.63. The van der Waals surface area contributed by atoms with Gasteiger partial charge in [0.2, 0.25) is 0 Å². The highest BCUT2D eigenvalue weighted by Gasteiger charge is 2.64. The van der Waals surface area contributed by atoms with E-state index in [1.807, 2.05) is 12.3 Å². The number of amides is 1. The topological polar surface area (TPSA) is 87.7 Å². The molecule has 2 aliphatic rings. The number of fused-ring (bicyclic) bond motifs is 1. The molecule has 3 atom stereocenters. The van der Waals surface area contributed by atoms with E-state index in [9.17, 15) is 9.90 Å². The number of hydrogen-bond acceptors (Lipinski definition) is 4. The zero-order valence-electron chi connectivity index (χ0n) is 15.7. The first-order chi connectivity index (χ1) is 12.8. The SMILES string of the molecule is Cc1cc(C)cc(NC2=NC=CC3(c4ccc(O)c(C(N)=O)c4)C(C)C23)c1. The Morgan fingerprint density at radius 2 is 1.89 bits per heavy atom. The zero-order chi connectivity index (χ0) is 19.3. The first-order valence-corrected chi connectivity index (χ1v) is 9.07. The van der Waals surface area contributed by atoms with Crippen molar-refractivity contribution < 1.29 is 9.90 Å². The number of nitrogens with zero attached hydrogens (tertiary/aromatic N) is 1. The molecule has 0 saturated heterocycles. The fraction of sp³-hybridized carbons (Fsp3) is 0.273. The van der Waals surface area contributed by atoms with Crippen molar-refractivity contribution in [3.05, 3.63) is 70.9 Å². The van der Waals surface area contributed by atoms with E-state index in [1.165, 1.54) is 11.1 Å². The fourth-order valence-electron chi connectivity index (χ4n) is 4.47. The Balaban J connectivity index is 1.68. The maximum absolute atomic E-state index is 11.6. The van der Waals surface area contributed by atoms with Crippen molar-refractivity contribution in [1.29, 1.82) is 0 Å². The number of phenols is 1. The molecule has 1 aliphatic heterocycles. The molecule has 4 rings (SSSR count). The number of nitrogens with two attached hydrogens (primary N) is 1. The Bertz CT molecular complexity index is 988. The summed E-state index contributed by atoms with van der Waals surface area (Å²) in [6, 6.07) is 11.5. The van der Waals surface area contributed by atoms with Gasteiger partial charge in [0, 0.05) is 23.2 Å². The lowest BCUT2D eigenvalue weighted by Gasteiger charge is -2.20. The van der Waals surface area contributed by atoms with Gasteiger partial charge in [0.1, 0.15) is 11.6 Å². The Morgan fingerprint density at radius 3 is 2.56 bits per heavy atom. The maximum atomic E-state index is 11.6. The van der Waals surface area contributed by atoms with Crippen LogP contribution in [-0.4, -0.2) is 16.8 Å². The van der Waals surface area contributed by atoms with E-state index in [4.69, 9.17) is 5.73 Å². The number of primary amides is 1. The van der Waals surface area contributed by atoms with Gasteiger partial charge in [-0.2, -0.15) is 0 Å². The molecule has 0 radical (unpaired) electrons. The van der Waals surface area contributed by atoms with Crippen LogP contribution in [0.3, 0.4) is 0 Å². The number of aliphatic imine (C=N–C) groups is 1. The molecule has 1 fully saturated rings. The summed E-state index contributed by atoms with van der Waals surface area (Å²) in [7, 11) is 0. The lowest BCUT2D eigenvalue weighted by Crippen LogP contribution is -2.23. The van der Waals surface area contributed by atoms with Crippen LogP contribution in [0.1, 0.15) is 34.0 Å². The first-order valence-electron chi connectivity index (χ1n) is 9.07. The third kappa shape index (κ3) is 2.70. The Labute approximate surface area is 158 Å². The van der Waals surface area contributed by atoms with Gasteiger partial charge in [-0.05, 0) is 60.7 Å². The normalized spacial score (nSPS) is 25.5. The van der Waals surface area contributed by atoms with Crippen molar-refractivity contribution in [2.24, 2.45) is 22.6 Å². The van der Waals surface area contributed by atoms with E-state index < -0.39 is 5.91 Å². The van der Waals surface area contributed by atoms with Crippen LogP contribution in [-0.2, 0) is 5.41 Å². The quantitative estimate of drug-likeness (QED) is 0.780. The van der Waals surface area contributed by atoms with Crippen molar-refractivity contribution >= 4 is 17.4 Å². The van der Waals surface area contributed by atoms with Gasteiger partial charge >= 0.3 is 0 Å². The minimum Gasteiger partial charge on any atom is -0.507 e. The van der Waals surface area contributed by atoms with Gasteiger partial charge in [0.05, 0.1) is 5.56 Å². The van der Waals surface area contributed by atoms with Crippen LogP contribution in [0.5, 0.6) is 5.75 Å². The van der Waals surface area contributed by atoms with E-state index in [1.54, 1.807) is 12.1 Å². The van der Waals surface area contributed by atoms with Gasteiger partial charge in [-0.15, -0.1) is 0 Å². The molecule has 1 amide bonds. The number of benzene rings is 2. The third-order valence-corrected chi connectivity index (χ3v) is 5.77. The number of anilines is 1. The summed E-state index contributed by atoms with van der Waals surface area (Å²) in [6.45, 7) is 6.33. The van der Waals surface area contributed by atoms with E-state index in [0.717, 1.165) is 17.1 Å². The molecule has 3 unspecified atom stereocenters. The van der Waals surface area contributed by atoms with Crippen LogP contribution in [0, 0.1) is 25.7 Å². The maximum Gasteiger partial charge on any atom is 0.252 e. The number of nitrogens with one attached hydrogen (secondary N) is 1. The molecule has 5 nitrogen and oxygen atoms in total. The highest BCUT2D eigenvalue weighted by Crippen LogP contribution is 2.63. The van der Waals surface area contributed by atoms with Crippen molar-refractivity contribution in [2.75, 3.05) is 5.32 Å². The van der Waals surface area contributed by atoms with Gasteiger partial charge in [0.25, 0.3) is 5.91 Å². The zero-order valence-corrected chi connectivity index (χ0v) is 15.7. The molecule has 27 heavy (non-hydrogen) atoms. The molecule has 2 aromatic carbocycles. The number of amidine groups is 1. The van der Waals surface area contributed by atoms with E-state index in [0.29, 0.717) is 5.92 Å². The number of carbonyl (C=O) groups excluding carboxylic acids is 1. The molecule has 138 valence electrons. The molecule has 1 saturated carbocycles. The standard InChI is InChI=1S/C22H23N3O2/c1-12-8-13(2)10-16(9-12)25-21-19-14(3)22(19,6-7-24-21)15-4-5-18(26)17(11-15)20(23)27/h4-11,14,19,26H,1-3H3,(H2,23,27)(H,24,25). The van der Waals surface area contributed by atoms with Crippen molar-refractivity contribution in [1.82, 2.24) is 0 Å². The van der Waals surface area contributed by atoms with E-state index in [-0.39, 0.29) is 22.6 Å². The number of aryl methyl sites for hydroxylation is 2. The molecule has 2 aromatic rings. The third-order valence-electron chi connectivity index (χ3n) is 5.77. The molecular formula is C22H23N3O2. The van der Waals surface area contributed by atoms with Crippen molar-refractivity contribution in [2.45, 2.75) is 26.2 Å². The largest absolute Gasteiger partial charge is 0.507 e. The van der Waals surface area contributed by atoms with Gasteiger partial charge in [0.15, 0.2) is 0 Å². The Morgan fingerprint density at radius 1 is 1.19 bits per heavy atom. The Hall–Kier alpha value is -3.08. The lowest BCUT2D eigenvalue weighted by atomic mass is 9.89. The first kappa shape index (κ1) is 17.3. The summed E-state index contributed by atoms with van der Waals surface area (Å²) in [5.41, 5.74) is 9.72. The predicted octanol–water partition coefficient (Wildman–Crippen LogP) is 3.65. The Kier molecular flexibility index (Phi) is 3.84. The number of hydrogen-bond donors (Lipinski definition) is 3. The van der Waals surface area contributed by atoms with Crippen LogP contribution in [0.15, 0.2) is 53.7 Å². The number of allylic oxidation sites excluding steroid dienone is 1. The van der Waals surface area contributed by atoms with Crippen LogP contribution in [0.4, 0.5) is 5.69 Å². The fourth-order valence-corrected chi connectivity index (χ4v) is 4.47. The average Bonchev–Trinajstić information content (AvgIpc) is 3.21. The van der Waals surface area contributed by atoms with Crippen molar-refractivity contribution in [3.8, 4) is 5.75 Å². The summed E-state index contributed by atoms with van der Waals surface area (Å²) in [4.78, 5) is 16.2. The monoisotopic (exact) mass is 361 g/mol. The van der Waals surface area contributed by atoms with Gasteiger partial charge < -0.3 is 16.2 Å². The van der Waals surface area contributed by atoms with Gasteiger partial charge in [-0.3, -0.25) is 4.79 Å². The molecular weight excluding hydrogens is 338 g/mol. The van der Waals surface area contributed by atoms with Gasteiger partial charge in [-0.1, -0.05) is 25.1 Å². The summed E-state index contributed by atoms with van der Waals surface area (Å²) < 4.78 is 0. The van der Waals surface area contributed by atoms with Crippen LogP contribution >= 0.6 is 0 Å². The molecule has 4 N–H and O–H groups in total. The smallest absolute Gasteiger partial charge is 0.252 e. The minimum atomic E-state index is -0.627. The average molecular weight is 361 g/mol. The second kappa shape index (κ2) is 5.98. The van der Waals surface area contributed by atoms with E-state index in [2.05, 4.69) is 55.4 Å². The molecule has 0 aromatic heterocycles. The summed E-state index contributed by atoms with van der Waals surface area (Å²) in [5.74, 6) is 0.711. The highest BCUT2D eigenvalue weighted by atomic mass is 16.3. The van der Waals surface area contributed by atoms with Gasteiger partial charge in [-0.25, -0.2) is 4.99 Å². The molecule has 1 aliphatic carbocycles. The molecule has 0 spiro atoms. The number of carbonyl (C=O) groups is 1. The summed E-state index contributed by atoms with van der Waals surface area (Å²) in [6.07, 6.45) is 3.91. The van der Waals surface area contributed by atoms with Crippen LogP contribution in [0.25, 0.3) is 0 Å². The minimum absolute atomic E-state index is 0.0884. The van der Waals surface area contributed by atoms with Crippen LogP contribution in [0.2, 0.25) is 0 Å². The summed E-state index contributed by atoms with van der Waals surface area (Å²) >= 11 is 0. The summed E-state index contributed by atoms with van der Waals surface area (Å²) in [5, 5.41) is 13.4. The number of aromatic hydroxyl groups is 1. The molecule has 0 bridgehead atoms. The highest BCUT2D eigenvalue weighted by molar-refractivity contribution is 6.03. The second-order valence-electron chi connectivity index (χ2n) is 7.63.